The van der Waals surface area contributed by atoms with E-state index in [1.807, 2.05) is 30.3 Å². The molecule has 0 aliphatic carbocycles. The topological polar surface area (TPSA) is 57.0 Å². The van der Waals surface area contributed by atoms with Crippen LogP contribution in [0.25, 0.3) is 11.3 Å². The van der Waals surface area contributed by atoms with Crippen LogP contribution >= 0.6 is 0 Å². The quantitative estimate of drug-likeness (QED) is 0.737. The molecule has 25 heavy (non-hydrogen) atoms. The lowest BCUT2D eigenvalue weighted by Crippen LogP contribution is -2.23. The fourth-order valence-electron chi connectivity index (χ4n) is 3.09. The van der Waals surface area contributed by atoms with E-state index in [0.29, 0.717) is 13.2 Å². The largest absolute Gasteiger partial charge is 0.477 e. The van der Waals surface area contributed by atoms with Gasteiger partial charge in [0, 0.05) is 23.6 Å². The van der Waals surface area contributed by atoms with E-state index in [4.69, 9.17) is 4.74 Å². The highest BCUT2D eigenvalue weighted by Crippen LogP contribution is 2.30. The van der Waals surface area contributed by atoms with Gasteiger partial charge in [0.05, 0.1) is 24.5 Å². The molecule has 1 aliphatic heterocycles. The van der Waals surface area contributed by atoms with Crippen molar-refractivity contribution in [3.8, 4) is 17.1 Å². The normalized spacial score (nSPS) is 12.7. The fraction of sp³-hybridized carbons (Fsp3) is 0.250. The smallest absolute Gasteiger partial charge is 0.267 e. The minimum absolute atomic E-state index is 0.108. The zero-order valence-electron chi connectivity index (χ0n) is 14.1. The molecule has 0 atom stereocenters. The summed E-state index contributed by atoms with van der Waals surface area (Å²) in [5.74, 6) is 0.734. The van der Waals surface area contributed by atoms with Crippen molar-refractivity contribution < 1.29 is 4.74 Å². The molecule has 0 spiro atoms. The average molecular weight is 333 g/mol. The van der Waals surface area contributed by atoms with Crippen molar-refractivity contribution in [2.75, 3.05) is 6.61 Å². The molecule has 0 amide bonds. The number of aryl methyl sites for hydroxylation is 1. The minimum atomic E-state index is -0.108. The van der Waals surface area contributed by atoms with Crippen LogP contribution in [0.4, 0.5) is 0 Å². The average Bonchev–Trinajstić information content (AvgIpc) is 3.11. The number of rotatable bonds is 4. The van der Waals surface area contributed by atoms with E-state index in [1.165, 1.54) is 4.68 Å². The zero-order valence-corrected chi connectivity index (χ0v) is 14.1. The molecule has 1 aromatic carbocycles. The lowest BCUT2D eigenvalue weighted by Gasteiger charge is -2.11. The molecule has 0 saturated heterocycles. The summed E-state index contributed by atoms with van der Waals surface area (Å²) in [5.41, 5.74) is 4.74. The van der Waals surface area contributed by atoms with E-state index in [9.17, 15) is 4.79 Å². The van der Waals surface area contributed by atoms with Crippen LogP contribution in [-0.2, 0) is 19.4 Å². The monoisotopic (exact) mass is 333 g/mol. The molecular formula is C20H19N3O2. The van der Waals surface area contributed by atoms with Gasteiger partial charge in [0.1, 0.15) is 0 Å². The first-order chi connectivity index (χ1) is 12.2. The lowest BCUT2D eigenvalue weighted by molar-refractivity contribution is 0.344. The SMILES string of the molecule is CCc1nc2c(cc1-c1ccc(=O)n(Cc3ccccc3)n1)CCO2. The maximum atomic E-state index is 12.2. The van der Waals surface area contributed by atoms with E-state index < -0.39 is 0 Å². The van der Waals surface area contributed by atoms with Gasteiger partial charge < -0.3 is 4.74 Å². The molecule has 3 heterocycles. The summed E-state index contributed by atoms with van der Waals surface area (Å²) in [7, 11) is 0. The zero-order chi connectivity index (χ0) is 17.2. The Morgan fingerprint density at radius 2 is 2.00 bits per heavy atom. The Morgan fingerprint density at radius 1 is 1.16 bits per heavy atom. The molecule has 126 valence electrons. The number of nitrogens with zero attached hydrogens (tertiary/aromatic N) is 3. The van der Waals surface area contributed by atoms with E-state index in [-0.39, 0.29) is 5.56 Å². The molecular weight excluding hydrogens is 314 g/mol. The van der Waals surface area contributed by atoms with Crippen molar-refractivity contribution in [2.45, 2.75) is 26.3 Å². The first-order valence-corrected chi connectivity index (χ1v) is 8.52. The van der Waals surface area contributed by atoms with Crippen LogP contribution in [0.5, 0.6) is 5.88 Å². The molecule has 0 bridgehead atoms. The van der Waals surface area contributed by atoms with Crippen molar-refractivity contribution in [1.82, 2.24) is 14.8 Å². The molecule has 0 unspecified atom stereocenters. The summed E-state index contributed by atoms with van der Waals surface area (Å²) in [6, 6.07) is 15.3. The van der Waals surface area contributed by atoms with Crippen molar-refractivity contribution >= 4 is 0 Å². The van der Waals surface area contributed by atoms with Crippen LogP contribution in [-0.4, -0.2) is 21.4 Å². The van der Waals surface area contributed by atoms with E-state index in [0.717, 1.165) is 46.8 Å². The van der Waals surface area contributed by atoms with Crippen molar-refractivity contribution in [2.24, 2.45) is 0 Å². The Bertz CT molecular complexity index is 964. The maximum Gasteiger partial charge on any atom is 0.267 e. The van der Waals surface area contributed by atoms with E-state index in [2.05, 4.69) is 23.1 Å². The van der Waals surface area contributed by atoms with Crippen LogP contribution in [0.2, 0.25) is 0 Å². The van der Waals surface area contributed by atoms with E-state index in [1.54, 1.807) is 12.1 Å². The molecule has 0 fully saturated rings. The standard InChI is InChI=1S/C20H19N3O2/c1-2-17-16(12-15-10-11-25-20(15)21-17)18-8-9-19(24)23(22-18)13-14-6-4-3-5-7-14/h3-9,12H,2,10-11,13H2,1H3. The maximum absolute atomic E-state index is 12.2. The van der Waals surface area contributed by atoms with Crippen LogP contribution in [0.1, 0.15) is 23.7 Å². The highest BCUT2D eigenvalue weighted by molar-refractivity contribution is 5.64. The van der Waals surface area contributed by atoms with Gasteiger partial charge in [-0.25, -0.2) is 9.67 Å². The van der Waals surface area contributed by atoms with Crippen molar-refractivity contribution in [1.29, 1.82) is 0 Å². The number of pyridine rings is 1. The molecule has 0 saturated carbocycles. The second kappa shape index (κ2) is 6.51. The third kappa shape index (κ3) is 3.05. The molecule has 3 aromatic rings. The number of ether oxygens (including phenoxy) is 1. The third-order valence-corrected chi connectivity index (χ3v) is 4.40. The van der Waals surface area contributed by atoms with Gasteiger partial charge in [-0.2, -0.15) is 5.10 Å². The summed E-state index contributed by atoms with van der Waals surface area (Å²) in [6.45, 7) is 3.19. The molecule has 4 rings (SSSR count). The van der Waals surface area contributed by atoms with Crippen LogP contribution in [0.3, 0.4) is 0 Å². The van der Waals surface area contributed by atoms with Gasteiger partial charge in [0.2, 0.25) is 5.88 Å². The Kier molecular flexibility index (Phi) is 4.06. The van der Waals surface area contributed by atoms with Crippen LogP contribution in [0, 0.1) is 0 Å². The Balaban J connectivity index is 1.77. The van der Waals surface area contributed by atoms with Crippen LogP contribution < -0.4 is 10.3 Å². The predicted octanol–water partition coefficient (Wildman–Crippen LogP) is 2.85. The fourth-order valence-corrected chi connectivity index (χ4v) is 3.09. The van der Waals surface area contributed by atoms with E-state index >= 15 is 0 Å². The molecule has 2 aromatic heterocycles. The molecule has 5 heteroatoms. The number of hydrogen-bond acceptors (Lipinski definition) is 4. The van der Waals surface area contributed by atoms with Crippen molar-refractivity contribution in [3.63, 3.8) is 0 Å². The Labute approximate surface area is 145 Å². The molecule has 5 nitrogen and oxygen atoms in total. The number of benzene rings is 1. The van der Waals surface area contributed by atoms with Gasteiger partial charge in [-0.1, -0.05) is 37.3 Å². The Hall–Kier alpha value is -2.95. The number of hydrogen-bond donors (Lipinski definition) is 0. The van der Waals surface area contributed by atoms with Crippen molar-refractivity contribution in [3.05, 3.63) is 75.7 Å². The molecule has 0 N–H and O–H groups in total. The number of fused-ring (bicyclic) bond motifs is 1. The first-order valence-electron chi connectivity index (χ1n) is 8.52. The van der Waals surface area contributed by atoms with Gasteiger partial charge in [-0.05, 0) is 24.1 Å². The summed E-state index contributed by atoms with van der Waals surface area (Å²) in [5, 5.41) is 4.60. The first kappa shape index (κ1) is 15.6. The van der Waals surface area contributed by atoms with Gasteiger partial charge in [0.15, 0.2) is 0 Å². The number of aromatic nitrogens is 3. The Morgan fingerprint density at radius 3 is 2.80 bits per heavy atom. The summed E-state index contributed by atoms with van der Waals surface area (Å²) in [6.07, 6.45) is 1.65. The highest BCUT2D eigenvalue weighted by atomic mass is 16.5. The summed E-state index contributed by atoms with van der Waals surface area (Å²) >= 11 is 0. The summed E-state index contributed by atoms with van der Waals surface area (Å²) in [4.78, 5) is 16.8. The van der Waals surface area contributed by atoms with Gasteiger partial charge in [-0.3, -0.25) is 4.79 Å². The van der Waals surface area contributed by atoms with Gasteiger partial charge in [-0.15, -0.1) is 0 Å². The highest BCUT2D eigenvalue weighted by Gasteiger charge is 2.19. The molecule has 1 aliphatic rings. The van der Waals surface area contributed by atoms with Gasteiger partial charge in [0.25, 0.3) is 5.56 Å². The van der Waals surface area contributed by atoms with Gasteiger partial charge >= 0.3 is 0 Å². The lowest BCUT2D eigenvalue weighted by atomic mass is 10.0. The second-order valence-electron chi connectivity index (χ2n) is 6.10. The van der Waals surface area contributed by atoms with Crippen LogP contribution in [0.15, 0.2) is 53.3 Å². The minimum Gasteiger partial charge on any atom is -0.477 e. The molecule has 0 radical (unpaired) electrons. The third-order valence-electron chi connectivity index (χ3n) is 4.40. The predicted molar refractivity (Wildman–Crippen MR) is 95.8 cm³/mol. The second-order valence-corrected chi connectivity index (χ2v) is 6.10. The summed E-state index contributed by atoms with van der Waals surface area (Å²) < 4.78 is 7.07.